The number of hydrogen-bond acceptors (Lipinski definition) is 10. The van der Waals surface area contributed by atoms with Gasteiger partial charge in [0.05, 0.1) is 18.3 Å². The third-order valence-corrected chi connectivity index (χ3v) is 11.2. The van der Waals surface area contributed by atoms with Crippen LogP contribution in [0.1, 0.15) is 68.7 Å². The second kappa shape index (κ2) is 14.6. The molecule has 4 amide bonds. The highest BCUT2D eigenvalue weighted by Crippen LogP contribution is 2.40. The van der Waals surface area contributed by atoms with Crippen LogP contribution in [0.2, 0.25) is 0 Å². The largest absolute Gasteiger partial charge is 0.376 e. The molecule has 0 aliphatic carbocycles. The second-order valence-corrected chi connectivity index (χ2v) is 14.6. The van der Waals surface area contributed by atoms with Gasteiger partial charge in [0.2, 0.25) is 11.8 Å². The molecule has 3 aromatic carbocycles. The molecular formula is C40H44N6O7. The molecule has 3 atom stereocenters. The summed E-state index contributed by atoms with van der Waals surface area (Å²) in [6.45, 7) is 4.18. The average molecular weight is 721 g/mol. The summed E-state index contributed by atoms with van der Waals surface area (Å²) in [5.74, 6) is -1.25. The highest BCUT2D eigenvalue weighted by atomic mass is 16.7. The van der Waals surface area contributed by atoms with Crippen molar-refractivity contribution in [2.24, 2.45) is 0 Å². The number of piperazine rings is 1. The van der Waals surface area contributed by atoms with E-state index in [1.54, 1.807) is 34.0 Å². The fraction of sp³-hybridized carbons (Fsp3) is 0.425. The van der Waals surface area contributed by atoms with E-state index in [0.717, 1.165) is 49.3 Å². The molecule has 9 rings (SSSR count). The van der Waals surface area contributed by atoms with Gasteiger partial charge < -0.3 is 29.2 Å². The number of nitrogens with one attached hydrogen (secondary N) is 1. The van der Waals surface area contributed by atoms with Gasteiger partial charge in [-0.25, -0.2) is 4.79 Å². The first kappa shape index (κ1) is 34.8. The molecular weight excluding hydrogens is 676 g/mol. The van der Waals surface area contributed by atoms with E-state index in [1.807, 2.05) is 54.6 Å². The number of imide groups is 1. The van der Waals surface area contributed by atoms with E-state index in [-0.39, 0.29) is 36.2 Å². The minimum Gasteiger partial charge on any atom is -0.376 e. The maximum atomic E-state index is 13.2. The number of carbonyl (C=O) groups is 5. The highest BCUT2D eigenvalue weighted by molar-refractivity contribution is 6.05. The van der Waals surface area contributed by atoms with Crippen LogP contribution in [0.5, 0.6) is 0 Å². The number of rotatable bonds is 10. The molecule has 1 N–H and O–H groups in total. The van der Waals surface area contributed by atoms with Gasteiger partial charge in [-0.15, -0.1) is 5.06 Å². The van der Waals surface area contributed by atoms with Gasteiger partial charge in [0.25, 0.3) is 11.8 Å². The summed E-state index contributed by atoms with van der Waals surface area (Å²) < 4.78 is 6.08. The molecule has 0 saturated carbocycles. The zero-order chi connectivity index (χ0) is 36.6. The van der Waals surface area contributed by atoms with E-state index >= 15 is 0 Å². The summed E-state index contributed by atoms with van der Waals surface area (Å²) in [5.41, 5.74) is 4.87. The number of piperidine rings is 3. The highest BCUT2D eigenvalue weighted by Gasteiger charge is 2.46. The Morgan fingerprint density at radius 2 is 1.58 bits per heavy atom. The molecule has 13 heteroatoms. The fourth-order valence-electron chi connectivity index (χ4n) is 8.29. The average Bonchev–Trinajstić information content (AvgIpc) is 3.50. The van der Waals surface area contributed by atoms with Gasteiger partial charge in [-0.05, 0) is 85.8 Å². The number of hydrogen-bond donors (Lipinski definition) is 1. The standard InChI is InChI=1S/C40H44N6O7/c1-42(19-20-52-33-15-17-44(18-16-33)53-40(51)27-5-3-2-4-6-27)38(49)26-7-9-29(10-8-26)43-24-31-22-32(25-43)46(31)30-11-12-34-28(21-30)23-45(39(34)50)35-13-14-36(47)41-37(35)48/h2-12,21,31-33,35H,13-20,22-25H2,1H3,(H,41,47,48). The van der Waals surface area contributed by atoms with Crippen molar-refractivity contribution in [3.8, 4) is 0 Å². The molecule has 276 valence electrons. The van der Waals surface area contributed by atoms with Crippen LogP contribution >= 0.6 is 0 Å². The SMILES string of the molecule is CN(CCOC1CCN(OC(=O)c2ccccc2)CC1)C(=O)c1ccc(N2CC3CC(C2)N3c2ccc3c(c2)CN(C2CCC(=O)NC2=O)C3=O)cc1. The van der Waals surface area contributed by atoms with E-state index in [1.165, 1.54) is 0 Å². The third kappa shape index (κ3) is 7.10. The first-order chi connectivity index (χ1) is 25.7. The number of ether oxygens (including phenoxy) is 1. The molecule has 53 heavy (non-hydrogen) atoms. The van der Waals surface area contributed by atoms with Crippen molar-refractivity contribution in [3.05, 3.63) is 95.1 Å². The molecule has 0 radical (unpaired) electrons. The van der Waals surface area contributed by atoms with E-state index in [9.17, 15) is 24.0 Å². The zero-order valence-corrected chi connectivity index (χ0v) is 29.8. The smallest absolute Gasteiger partial charge is 0.357 e. The molecule has 6 aliphatic heterocycles. The summed E-state index contributed by atoms with van der Waals surface area (Å²) in [7, 11) is 1.79. The third-order valence-electron chi connectivity index (χ3n) is 11.2. The van der Waals surface area contributed by atoms with E-state index < -0.39 is 11.9 Å². The molecule has 3 unspecified atom stereocenters. The number of nitrogens with zero attached hydrogens (tertiary/aromatic N) is 5. The molecule has 5 fully saturated rings. The Morgan fingerprint density at radius 1 is 0.868 bits per heavy atom. The van der Waals surface area contributed by atoms with E-state index in [0.29, 0.717) is 68.0 Å². The molecule has 0 spiro atoms. The number of fused-ring (bicyclic) bond motifs is 3. The molecule has 3 aromatic rings. The Labute approximate surface area is 308 Å². The number of amides is 4. The molecule has 5 saturated heterocycles. The molecule has 6 aliphatic rings. The van der Waals surface area contributed by atoms with Crippen molar-refractivity contribution >= 4 is 41.0 Å². The lowest BCUT2D eigenvalue weighted by molar-refractivity contribution is -0.140. The number of carbonyl (C=O) groups excluding carboxylic acids is 5. The lowest BCUT2D eigenvalue weighted by Gasteiger charge is -2.58. The second-order valence-electron chi connectivity index (χ2n) is 14.6. The Kier molecular flexibility index (Phi) is 9.60. The number of hydroxylamine groups is 2. The van der Waals surface area contributed by atoms with Crippen LogP contribution in [-0.2, 0) is 25.7 Å². The lowest BCUT2D eigenvalue weighted by Crippen LogP contribution is -2.69. The summed E-state index contributed by atoms with van der Waals surface area (Å²) in [5, 5.41) is 4.06. The minimum atomic E-state index is -0.620. The Bertz CT molecular complexity index is 1880. The first-order valence-electron chi connectivity index (χ1n) is 18.5. The first-order valence-corrected chi connectivity index (χ1v) is 18.5. The Balaban J connectivity index is 0.784. The minimum absolute atomic E-state index is 0.0540. The number of benzene rings is 3. The molecule has 6 heterocycles. The van der Waals surface area contributed by atoms with Crippen LogP contribution in [0.15, 0.2) is 72.8 Å². The molecule has 2 bridgehead atoms. The van der Waals surface area contributed by atoms with Crippen molar-refractivity contribution < 1.29 is 33.5 Å². The van der Waals surface area contributed by atoms with Crippen LogP contribution in [0.4, 0.5) is 11.4 Å². The quantitative estimate of drug-likeness (QED) is 0.312. The maximum absolute atomic E-state index is 13.2. The van der Waals surface area contributed by atoms with Gasteiger partial charge >= 0.3 is 5.97 Å². The summed E-state index contributed by atoms with van der Waals surface area (Å²) in [6.07, 6.45) is 3.23. The summed E-state index contributed by atoms with van der Waals surface area (Å²) in [6, 6.07) is 22.8. The molecule has 0 aromatic heterocycles. The van der Waals surface area contributed by atoms with Crippen LogP contribution in [0.3, 0.4) is 0 Å². The van der Waals surface area contributed by atoms with Crippen molar-refractivity contribution in [2.75, 3.05) is 56.2 Å². The van der Waals surface area contributed by atoms with Crippen molar-refractivity contribution in [1.82, 2.24) is 20.2 Å². The zero-order valence-electron chi connectivity index (χ0n) is 29.8. The Morgan fingerprint density at radius 3 is 2.30 bits per heavy atom. The number of likely N-dealkylation sites (N-methyl/N-ethyl adjacent to an activating group) is 1. The van der Waals surface area contributed by atoms with Crippen molar-refractivity contribution in [1.29, 1.82) is 0 Å². The van der Waals surface area contributed by atoms with Crippen LogP contribution in [0, 0.1) is 0 Å². The summed E-state index contributed by atoms with van der Waals surface area (Å²) >= 11 is 0. The lowest BCUT2D eigenvalue weighted by atomic mass is 9.86. The Hall–Kier alpha value is -5.27. The van der Waals surface area contributed by atoms with E-state index in [2.05, 4.69) is 21.2 Å². The van der Waals surface area contributed by atoms with Crippen molar-refractivity contribution in [3.63, 3.8) is 0 Å². The van der Waals surface area contributed by atoms with Crippen molar-refractivity contribution in [2.45, 2.75) is 62.9 Å². The van der Waals surface area contributed by atoms with Gasteiger partial charge in [-0.1, -0.05) is 18.2 Å². The van der Waals surface area contributed by atoms with Gasteiger partial charge in [-0.3, -0.25) is 24.5 Å². The normalized spacial score (nSPS) is 23.0. The van der Waals surface area contributed by atoms with Crippen LogP contribution in [-0.4, -0.2) is 115 Å². The number of anilines is 2. The van der Waals surface area contributed by atoms with E-state index in [4.69, 9.17) is 9.57 Å². The van der Waals surface area contributed by atoms with Gasteiger partial charge in [-0.2, -0.15) is 0 Å². The van der Waals surface area contributed by atoms with Gasteiger partial charge in [0, 0.05) is 87.3 Å². The predicted octanol–water partition coefficient (Wildman–Crippen LogP) is 3.24. The van der Waals surface area contributed by atoms with Gasteiger partial charge in [0.1, 0.15) is 6.04 Å². The summed E-state index contributed by atoms with van der Waals surface area (Å²) in [4.78, 5) is 76.4. The molecule has 13 nitrogen and oxygen atoms in total. The van der Waals surface area contributed by atoms with Crippen LogP contribution < -0.4 is 15.1 Å². The topological polar surface area (TPSA) is 132 Å². The predicted molar refractivity (Wildman–Crippen MR) is 195 cm³/mol. The van der Waals surface area contributed by atoms with Gasteiger partial charge in [0.15, 0.2) is 0 Å². The fourth-order valence-corrected chi connectivity index (χ4v) is 8.29. The monoisotopic (exact) mass is 720 g/mol. The van der Waals surface area contributed by atoms with Crippen LogP contribution in [0.25, 0.3) is 0 Å². The maximum Gasteiger partial charge on any atom is 0.357 e.